The standard InChI is InChI=1S/C22H26N4O3/c1-4-9-26-11-17-18(22(26)29)13(3)19(24-17)21(28)25-16-10-14(6-5-12(16)2)20(27)23-15-7-8-15/h5-6,10-11,15,24,29H,4,7-9H2,1-3H3,(H,23,27)(H,25,28). The average molecular weight is 394 g/mol. The SMILES string of the molecule is CCCn1cc2[nH]c(C(=O)Nc3cc(C(=O)NC4CC4)ccc3C)c(C)c2c1O. The third kappa shape index (κ3) is 3.60. The van der Waals surface area contributed by atoms with Crippen LogP contribution in [0.15, 0.2) is 24.4 Å². The quantitative estimate of drug-likeness (QED) is 0.511. The van der Waals surface area contributed by atoms with Crippen LogP contribution in [0, 0.1) is 13.8 Å². The first-order valence-corrected chi connectivity index (χ1v) is 10.0. The number of benzene rings is 1. The van der Waals surface area contributed by atoms with Crippen molar-refractivity contribution in [3.63, 3.8) is 0 Å². The molecule has 1 aliphatic rings. The summed E-state index contributed by atoms with van der Waals surface area (Å²) in [6.45, 7) is 6.46. The Morgan fingerprint density at radius 2 is 2.00 bits per heavy atom. The Hall–Kier alpha value is -3.22. The Kier molecular flexibility index (Phi) is 4.82. The molecule has 1 aliphatic carbocycles. The Balaban J connectivity index is 1.59. The molecule has 0 bridgehead atoms. The lowest BCUT2D eigenvalue weighted by Gasteiger charge is -2.11. The molecule has 0 saturated heterocycles. The fourth-order valence-corrected chi connectivity index (χ4v) is 3.58. The molecule has 0 spiro atoms. The molecule has 7 nitrogen and oxygen atoms in total. The molecule has 4 N–H and O–H groups in total. The summed E-state index contributed by atoms with van der Waals surface area (Å²) in [7, 11) is 0. The monoisotopic (exact) mass is 394 g/mol. The first kappa shape index (κ1) is 19.1. The highest BCUT2D eigenvalue weighted by Crippen LogP contribution is 2.32. The van der Waals surface area contributed by atoms with Crippen molar-refractivity contribution >= 4 is 28.4 Å². The van der Waals surface area contributed by atoms with Gasteiger partial charge in [0.1, 0.15) is 5.69 Å². The van der Waals surface area contributed by atoms with Crippen LogP contribution in [-0.2, 0) is 6.54 Å². The number of carbonyl (C=O) groups excluding carboxylic acids is 2. The maximum atomic E-state index is 12.9. The topological polar surface area (TPSA) is 99.2 Å². The predicted molar refractivity (Wildman–Crippen MR) is 113 cm³/mol. The van der Waals surface area contributed by atoms with Gasteiger partial charge in [-0.05, 0) is 56.4 Å². The highest BCUT2D eigenvalue weighted by atomic mass is 16.3. The van der Waals surface area contributed by atoms with Crippen molar-refractivity contribution in [2.75, 3.05) is 5.32 Å². The van der Waals surface area contributed by atoms with E-state index < -0.39 is 0 Å². The fraction of sp³-hybridized carbons (Fsp3) is 0.364. The van der Waals surface area contributed by atoms with Crippen LogP contribution in [0.4, 0.5) is 5.69 Å². The predicted octanol–water partition coefficient (Wildman–Crippen LogP) is 3.85. The van der Waals surface area contributed by atoms with E-state index in [1.54, 1.807) is 16.7 Å². The number of hydrogen-bond acceptors (Lipinski definition) is 3. The Morgan fingerprint density at radius 1 is 1.24 bits per heavy atom. The molecule has 0 atom stereocenters. The summed E-state index contributed by atoms with van der Waals surface area (Å²) in [5.41, 5.74) is 3.82. The van der Waals surface area contributed by atoms with Crippen LogP contribution in [0.5, 0.6) is 5.88 Å². The number of nitrogens with one attached hydrogen (secondary N) is 3. The summed E-state index contributed by atoms with van der Waals surface area (Å²) >= 11 is 0. The third-order valence-corrected chi connectivity index (χ3v) is 5.41. The number of H-pyrrole nitrogens is 1. The number of carbonyl (C=O) groups is 2. The summed E-state index contributed by atoms with van der Waals surface area (Å²) in [5, 5.41) is 17.0. The molecule has 1 aromatic carbocycles. The van der Waals surface area contributed by atoms with Gasteiger partial charge in [-0.3, -0.25) is 9.59 Å². The van der Waals surface area contributed by atoms with Gasteiger partial charge < -0.3 is 25.3 Å². The number of amides is 2. The van der Waals surface area contributed by atoms with E-state index >= 15 is 0 Å². The number of fused-ring (bicyclic) bond motifs is 1. The summed E-state index contributed by atoms with van der Waals surface area (Å²) in [5.74, 6) is -0.254. The summed E-state index contributed by atoms with van der Waals surface area (Å²) in [6.07, 6.45) is 4.77. The summed E-state index contributed by atoms with van der Waals surface area (Å²) < 4.78 is 1.78. The van der Waals surface area contributed by atoms with E-state index in [1.165, 1.54) is 0 Å². The molecule has 4 rings (SSSR count). The molecule has 1 saturated carbocycles. The largest absolute Gasteiger partial charge is 0.494 e. The second-order valence-electron chi connectivity index (χ2n) is 7.79. The van der Waals surface area contributed by atoms with Crippen molar-refractivity contribution in [3.05, 3.63) is 46.8 Å². The van der Waals surface area contributed by atoms with Crippen molar-refractivity contribution in [1.82, 2.24) is 14.9 Å². The van der Waals surface area contributed by atoms with E-state index in [0.717, 1.165) is 30.3 Å². The molecule has 0 aliphatic heterocycles. The number of anilines is 1. The maximum absolute atomic E-state index is 12.9. The van der Waals surface area contributed by atoms with Gasteiger partial charge in [0, 0.05) is 30.0 Å². The first-order valence-electron chi connectivity index (χ1n) is 10.0. The molecule has 0 radical (unpaired) electrons. The zero-order valence-corrected chi connectivity index (χ0v) is 16.9. The lowest BCUT2D eigenvalue weighted by Crippen LogP contribution is -2.25. The molecular formula is C22H26N4O3. The van der Waals surface area contributed by atoms with E-state index in [2.05, 4.69) is 15.6 Å². The van der Waals surface area contributed by atoms with Crippen molar-refractivity contribution < 1.29 is 14.7 Å². The normalized spacial score (nSPS) is 13.6. The van der Waals surface area contributed by atoms with Crippen LogP contribution in [0.3, 0.4) is 0 Å². The van der Waals surface area contributed by atoms with Gasteiger partial charge in [0.05, 0.1) is 10.9 Å². The van der Waals surface area contributed by atoms with Gasteiger partial charge in [-0.1, -0.05) is 13.0 Å². The number of nitrogens with zero attached hydrogens (tertiary/aromatic N) is 1. The van der Waals surface area contributed by atoms with E-state index in [0.29, 0.717) is 34.4 Å². The van der Waals surface area contributed by atoms with Gasteiger partial charge in [0.2, 0.25) is 5.88 Å². The molecule has 7 heteroatoms. The zero-order chi connectivity index (χ0) is 20.7. The minimum Gasteiger partial charge on any atom is -0.494 e. The van der Waals surface area contributed by atoms with Gasteiger partial charge >= 0.3 is 0 Å². The van der Waals surface area contributed by atoms with Gasteiger partial charge in [0.15, 0.2) is 0 Å². The smallest absolute Gasteiger partial charge is 0.272 e. The van der Waals surface area contributed by atoms with E-state index in [9.17, 15) is 14.7 Å². The highest BCUT2D eigenvalue weighted by molar-refractivity contribution is 6.09. The molecule has 0 unspecified atom stereocenters. The first-order chi connectivity index (χ1) is 13.9. The molecule has 1 fully saturated rings. The van der Waals surface area contributed by atoms with Gasteiger partial charge in [-0.15, -0.1) is 0 Å². The molecule has 29 heavy (non-hydrogen) atoms. The van der Waals surface area contributed by atoms with Gasteiger partial charge in [-0.2, -0.15) is 0 Å². The van der Waals surface area contributed by atoms with Crippen LogP contribution in [0.2, 0.25) is 0 Å². The fourth-order valence-electron chi connectivity index (χ4n) is 3.58. The summed E-state index contributed by atoms with van der Waals surface area (Å²) in [4.78, 5) is 28.4. The average Bonchev–Trinajstić information content (AvgIpc) is 3.36. The van der Waals surface area contributed by atoms with Crippen LogP contribution in [-0.4, -0.2) is 32.5 Å². The minimum atomic E-state index is -0.303. The molecular weight excluding hydrogens is 368 g/mol. The van der Waals surface area contributed by atoms with E-state index in [4.69, 9.17) is 0 Å². The zero-order valence-electron chi connectivity index (χ0n) is 16.9. The van der Waals surface area contributed by atoms with E-state index in [1.807, 2.05) is 33.0 Å². The molecule has 3 aromatic rings. The molecule has 2 amide bonds. The number of aromatic hydroxyl groups is 1. The number of rotatable bonds is 6. The Labute approximate surface area is 169 Å². The van der Waals surface area contributed by atoms with Crippen molar-refractivity contribution in [1.29, 1.82) is 0 Å². The van der Waals surface area contributed by atoms with Crippen LogP contribution >= 0.6 is 0 Å². The Morgan fingerprint density at radius 3 is 2.66 bits per heavy atom. The lowest BCUT2D eigenvalue weighted by atomic mass is 10.1. The lowest BCUT2D eigenvalue weighted by molar-refractivity contribution is 0.0949. The van der Waals surface area contributed by atoms with Crippen LogP contribution in [0.1, 0.15) is 58.2 Å². The van der Waals surface area contributed by atoms with E-state index in [-0.39, 0.29) is 23.7 Å². The number of aromatic nitrogens is 2. The summed E-state index contributed by atoms with van der Waals surface area (Å²) in [6, 6.07) is 5.57. The highest BCUT2D eigenvalue weighted by Gasteiger charge is 2.24. The number of hydrogen-bond donors (Lipinski definition) is 4. The van der Waals surface area contributed by atoms with Crippen molar-refractivity contribution in [2.24, 2.45) is 0 Å². The van der Waals surface area contributed by atoms with Crippen LogP contribution in [0.25, 0.3) is 10.9 Å². The van der Waals surface area contributed by atoms with Crippen molar-refractivity contribution in [3.8, 4) is 5.88 Å². The van der Waals surface area contributed by atoms with Crippen molar-refractivity contribution in [2.45, 2.75) is 52.6 Å². The Bertz CT molecular complexity index is 1110. The number of aryl methyl sites for hydroxylation is 3. The molecule has 2 heterocycles. The minimum absolute atomic E-state index is 0.122. The molecule has 2 aromatic heterocycles. The second kappa shape index (κ2) is 7.31. The maximum Gasteiger partial charge on any atom is 0.272 e. The van der Waals surface area contributed by atoms with Crippen LogP contribution < -0.4 is 10.6 Å². The third-order valence-electron chi connectivity index (χ3n) is 5.41. The number of aromatic amines is 1. The molecule has 152 valence electrons. The van der Waals surface area contributed by atoms with Gasteiger partial charge in [0.25, 0.3) is 11.8 Å². The second-order valence-corrected chi connectivity index (χ2v) is 7.79. The van der Waals surface area contributed by atoms with Gasteiger partial charge in [-0.25, -0.2) is 0 Å².